The van der Waals surface area contributed by atoms with E-state index in [-0.39, 0.29) is 0 Å². The molecule has 0 N–H and O–H groups in total. The molecule has 0 aliphatic rings. The first-order valence-electron chi connectivity index (χ1n) is 3.51. The van der Waals surface area contributed by atoms with E-state index >= 15 is 0 Å². The van der Waals surface area contributed by atoms with Crippen molar-refractivity contribution < 1.29 is 0 Å². The van der Waals surface area contributed by atoms with Gasteiger partial charge in [-0.25, -0.2) is 0 Å². The maximum atomic E-state index is 4.01. The SMILES string of the molecule is CCN(CC)c1nnc(Br)s1. The number of aromatic nitrogens is 2. The molecule has 0 aliphatic carbocycles. The van der Waals surface area contributed by atoms with E-state index in [9.17, 15) is 0 Å². The van der Waals surface area contributed by atoms with E-state index in [0.29, 0.717) is 0 Å². The van der Waals surface area contributed by atoms with Crippen LogP contribution in [0.25, 0.3) is 0 Å². The number of hydrogen-bond donors (Lipinski definition) is 0. The molecule has 62 valence electrons. The molecule has 0 amide bonds. The minimum Gasteiger partial charge on any atom is -0.347 e. The Morgan fingerprint density at radius 1 is 1.36 bits per heavy atom. The average molecular weight is 236 g/mol. The predicted octanol–water partition coefficient (Wildman–Crippen LogP) is 2.15. The van der Waals surface area contributed by atoms with Crippen molar-refractivity contribution in [1.29, 1.82) is 0 Å². The van der Waals surface area contributed by atoms with E-state index in [1.54, 1.807) is 11.3 Å². The van der Waals surface area contributed by atoms with E-state index in [4.69, 9.17) is 0 Å². The molecular formula is C6H10BrN3S. The van der Waals surface area contributed by atoms with Crippen molar-refractivity contribution in [3.8, 4) is 0 Å². The van der Waals surface area contributed by atoms with Crippen molar-refractivity contribution in [3.63, 3.8) is 0 Å². The van der Waals surface area contributed by atoms with E-state index in [1.165, 1.54) is 0 Å². The topological polar surface area (TPSA) is 29.0 Å². The van der Waals surface area contributed by atoms with Gasteiger partial charge in [0.1, 0.15) is 0 Å². The highest BCUT2D eigenvalue weighted by molar-refractivity contribution is 9.11. The molecule has 0 fully saturated rings. The van der Waals surface area contributed by atoms with E-state index in [2.05, 4.69) is 44.9 Å². The van der Waals surface area contributed by atoms with E-state index in [0.717, 1.165) is 22.1 Å². The van der Waals surface area contributed by atoms with Crippen LogP contribution in [0.5, 0.6) is 0 Å². The van der Waals surface area contributed by atoms with Gasteiger partial charge in [0.05, 0.1) is 0 Å². The number of halogens is 1. The van der Waals surface area contributed by atoms with Crippen LogP contribution in [0.2, 0.25) is 0 Å². The smallest absolute Gasteiger partial charge is 0.209 e. The number of rotatable bonds is 3. The zero-order valence-corrected chi connectivity index (χ0v) is 8.94. The highest BCUT2D eigenvalue weighted by atomic mass is 79.9. The highest BCUT2D eigenvalue weighted by Gasteiger charge is 2.06. The normalized spacial score (nSPS) is 10.1. The van der Waals surface area contributed by atoms with Crippen LogP contribution in [0.15, 0.2) is 3.92 Å². The summed E-state index contributed by atoms with van der Waals surface area (Å²) < 4.78 is 0.847. The molecule has 1 aromatic rings. The van der Waals surface area contributed by atoms with Gasteiger partial charge < -0.3 is 4.90 Å². The van der Waals surface area contributed by atoms with Gasteiger partial charge in [-0.2, -0.15) is 0 Å². The van der Waals surface area contributed by atoms with Gasteiger partial charge in [0.2, 0.25) is 5.13 Å². The van der Waals surface area contributed by atoms with Gasteiger partial charge in [-0.15, -0.1) is 10.2 Å². The van der Waals surface area contributed by atoms with Gasteiger partial charge in [0, 0.05) is 13.1 Å². The van der Waals surface area contributed by atoms with Crippen LogP contribution < -0.4 is 4.90 Å². The summed E-state index contributed by atoms with van der Waals surface area (Å²) >= 11 is 4.84. The lowest BCUT2D eigenvalue weighted by molar-refractivity contribution is 0.845. The maximum Gasteiger partial charge on any atom is 0.209 e. The summed E-state index contributed by atoms with van der Waals surface area (Å²) in [6, 6.07) is 0. The molecule has 5 heteroatoms. The summed E-state index contributed by atoms with van der Waals surface area (Å²) in [6.45, 7) is 6.19. The number of anilines is 1. The summed E-state index contributed by atoms with van der Waals surface area (Å²) in [5.74, 6) is 0. The Hall–Kier alpha value is -0.160. The minimum absolute atomic E-state index is 0.847. The molecule has 0 aromatic carbocycles. The first-order chi connectivity index (χ1) is 5.27. The van der Waals surface area contributed by atoms with E-state index in [1.807, 2.05) is 0 Å². The highest BCUT2D eigenvalue weighted by Crippen LogP contribution is 2.23. The third-order valence-corrected chi connectivity index (χ3v) is 2.84. The molecular weight excluding hydrogens is 226 g/mol. The Balaban J connectivity index is 2.73. The summed E-state index contributed by atoms with van der Waals surface area (Å²) in [5.41, 5.74) is 0. The van der Waals surface area contributed by atoms with Gasteiger partial charge in [0.15, 0.2) is 3.92 Å². The Morgan fingerprint density at radius 3 is 2.36 bits per heavy atom. The molecule has 0 unspecified atom stereocenters. The molecule has 0 radical (unpaired) electrons. The first kappa shape index (κ1) is 8.93. The molecule has 0 bridgehead atoms. The second-order valence-electron chi connectivity index (χ2n) is 2.01. The van der Waals surface area contributed by atoms with Crippen molar-refractivity contribution in [1.82, 2.24) is 10.2 Å². The standard InChI is InChI=1S/C6H10BrN3S/c1-3-10(4-2)6-9-8-5(7)11-6/h3-4H2,1-2H3. The van der Waals surface area contributed by atoms with Crippen LogP contribution in [0.4, 0.5) is 5.13 Å². The van der Waals surface area contributed by atoms with Crippen LogP contribution in [0.3, 0.4) is 0 Å². The number of hydrogen-bond acceptors (Lipinski definition) is 4. The summed E-state index contributed by atoms with van der Waals surface area (Å²) in [5, 5.41) is 8.87. The van der Waals surface area contributed by atoms with Crippen LogP contribution in [0.1, 0.15) is 13.8 Å². The van der Waals surface area contributed by atoms with Crippen molar-refractivity contribution in [2.24, 2.45) is 0 Å². The Labute approximate surface area is 78.6 Å². The fourth-order valence-electron chi connectivity index (χ4n) is 0.820. The van der Waals surface area contributed by atoms with Crippen LogP contribution in [-0.2, 0) is 0 Å². The molecule has 11 heavy (non-hydrogen) atoms. The molecule has 1 aromatic heterocycles. The zero-order valence-electron chi connectivity index (χ0n) is 6.54. The van der Waals surface area contributed by atoms with Crippen molar-refractivity contribution in [2.45, 2.75) is 13.8 Å². The average Bonchev–Trinajstić information content (AvgIpc) is 2.39. The second-order valence-corrected chi connectivity index (χ2v) is 4.24. The monoisotopic (exact) mass is 235 g/mol. The molecule has 0 spiro atoms. The lowest BCUT2D eigenvalue weighted by Crippen LogP contribution is -2.21. The summed E-state index contributed by atoms with van der Waals surface area (Å²) in [7, 11) is 0. The first-order valence-corrected chi connectivity index (χ1v) is 5.12. The fourth-order valence-corrected chi connectivity index (χ4v) is 2.04. The zero-order chi connectivity index (χ0) is 8.27. The van der Waals surface area contributed by atoms with Crippen molar-refractivity contribution >= 4 is 32.4 Å². The Bertz CT molecular complexity index is 221. The quantitative estimate of drug-likeness (QED) is 0.805. The Kier molecular flexibility index (Phi) is 3.26. The fraction of sp³-hybridized carbons (Fsp3) is 0.667. The lowest BCUT2D eigenvalue weighted by Gasteiger charge is -2.15. The molecule has 1 heterocycles. The van der Waals surface area contributed by atoms with Gasteiger partial charge in [-0.3, -0.25) is 0 Å². The van der Waals surface area contributed by atoms with Gasteiger partial charge in [-0.1, -0.05) is 11.3 Å². The maximum absolute atomic E-state index is 4.01. The minimum atomic E-state index is 0.847. The third-order valence-electron chi connectivity index (χ3n) is 1.42. The Morgan fingerprint density at radius 2 is 2.00 bits per heavy atom. The molecule has 3 nitrogen and oxygen atoms in total. The van der Waals surface area contributed by atoms with Crippen LogP contribution >= 0.6 is 27.3 Å². The van der Waals surface area contributed by atoms with Crippen LogP contribution in [-0.4, -0.2) is 23.3 Å². The van der Waals surface area contributed by atoms with Gasteiger partial charge >= 0.3 is 0 Å². The van der Waals surface area contributed by atoms with Crippen molar-refractivity contribution in [3.05, 3.63) is 3.92 Å². The number of nitrogens with zero attached hydrogens (tertiary/aromatic N) is 3. The molecule has 0 aliphatic heterocycles. The molecule has 0 atom stereocenters. The van der Waals surface area contributed by atoms with E-state index < -0.39 is 0 Å². The second kappa shape index (κ2) is 4.01. The summed E-state index contributed by atoms with van der Waals surface area (Å²) in [6.07, 6.45) is 0. The third kappa shape index (κ3) is 2.13. The van der Waals surface area contributed by atoms with Crippen molar-refractivity contribution in [2.75, 3.05) is 18.0 Å². The predicted molar refractivity (Wildman–Crippen MR) is 51.2 cm³/mol. The summed E-state index contributed by atoms with van der Waals surface area (Å²) in [4.78, 5) is 2.17. The van der Waals surface area contributed by atoms with Gasteiger partial charge in [-0.05, 0) is 29.8 Å². The largest absolute Gasteiger partial charge is 0.347 e. The molecule has 0 saturated heterocycles. The van der Waals surface area contributed by atoms with Gasteiger partial charge in [0.25, 0.3) is 0 Å². The molecule has 0 saturated carbocycles. The van der Waals surface area contributed by atoms with Crippen LogP contribution in [0, 0.1) is 0 Å². The lowest BCUT2D eigenvalue weighted by atomic mass is 10.6. The molecule has 1 rings (SSSR count).